The van der Waals surface area contributed by atoms with Crippen molar-refractivity contribution in [2.45, 2.75) is 13.0 Å². The predicted octanol–water partition coefficient (Wildman–Crippen LogP) is 0.346. The zero-order valence-corrected chi connectivity index (χ0v) is 7.67. The molecule has 70 valence electrons. The summed E-state index contributed by atoms with van der Waals surface area (Å²) in [5.74, 6) is -1.52. The van der Waals surface area contributed by atoms with Crippen LogP contribution in [-0.4, -0.2) is 28.0 Å². The van der Waals surface area contributed by atoms with E-state index in [1.807, 2.05) is 0 Å². The molecule has 0 saturated carbocycles. The van der Waals surface area contributed by atoms with Crippen LogP contribution >= 0.6 is 11.3 Å². The number of aliphatic carboxylic acids is 1. The van der Waals surface area contributed by atoms with Gasteiger partial charge in [0.2, 0.25) is 0 Å². The number of nitrogens with zero attached hydrogens (tertiary/aromatic N) is 1. The maximum atomic E-state index is 11.2. The second-order valence-electron chi connectivity index (χ2n) is 2.37. The Hall–Kier alpha value is -1.43. The first-order chi connectivity index (χ1) is 6.11. The molecular formula is C7H8N2O3S. The van der Waals surface area contributed by atoms with E-state index in [-0.39, 0.29) is 5.01 Å². The van der Waals surface area contributed by atoms with Crippen LogP contribution in [0.2, 0.25) is 0 Å². The van der Waals surface area contributed by atoms with Gasteiger partial charge in [-0.2, -0.15) is 0 Å². The highest BCUT2D eigenvalue weighted by Crippen LogP contribution is 2.03. The fourth-order valence-electron chi connectivity index (χ4n) is 0.656. The topological polar surface area (TPSA) is 79.3 Å². The second kappa shape index (κ2) is 3.99. The van der Waals surface area contributed by atoms with Gasteiger partial charge in [-0.3, -0.25) is 9.59 Å². The fraction of sp³-hybridized carbons (Fsp3) is 0.286. The maximum Gasteiger partial charge on any atom is 0.325 e. The summed E-state index contributed by atoms with van der Waals surface area (Å²) in [7, 11) is 0. The van der Waals surface area contributed by atoms with Gasteiger partial charge in [0.1, 0.15) is 6.04 Å². The van der Waals surface area contributed by atoms with E-state index in [4.69, 9.17) is 5.11 Å². The normalized spacial score (nSPS) is 12.1. The SMILES string of the molecule is CC(NC(=O)c1nccs1)C(=O)O. The Morgan fingerprint density at radius 2 is 2.38 bits per heavy atom. The molecule has 2 N–H and O–H groups in total. The molecule has 1 heterocycles. The van der Waals surface area contributed by atoms with Crippen LogP contribution in [0.5, 0.6) is 0 Å². The molecule has 5 nitrogen and oxygen atoms in total. The van der Waals surface area contributed by atoms with Crippen molar-refractivity contribution in [2.24, 2.45) is 0 Å². The van der Waals surface area contributed by atoms with Crippen LogP contribution in [0.1, 0.15) is 16.7 Å². The highest BCUT2D eigenvalue weighted by atomic mass is 32.1. The number of carboxylic acids is 1. The lowest BCUT2D eigenvalue weighted by Gasteiger charge is -2.06. The number of hydrogen-bond donors (Lipinski definition) is 2. The number of carbonyl (C=O) groups excluding carboxylic acids is 1. The van der Waals surface area contributed by atoms with Gasteiger partial charge in [-0.1, -0.05) is 0 Å². The van der Waals surface area contributed by atoms with E-state index in [2.05, 4.69) is 10.3 Å². The van der Waals surface area contributed by atoms with Gasteiger partial charge < -0.3 is 10.4 Å². The smallest absolute Gasteiger partial charge is 0.325 e. The molecule has 1 unspecified atom stereocenters. The average Bonchev–Trinajstić information content (AvgIpc) is 2.55. The lowest BCUT2D eigenvalue weighted by Crippen LogP contribution is -2.38. The number of aromatic nitrogens is 1. The first-order valence-corrected chi connectivity index (χ1v) is 4.42. The molecule has 0 bridgehead atoms. The van der Waals surface area contributed by atoms with E-state index in [1.165, 1.54) is 24.5 Å². The van der Waals surface area contributed by atoms with Crippen LogP contribution in [0, 0.1) is 0 Å². The highest BCUT2D eigenvalue weighted by Gasteiger charge is 2.16. The number of hydrogen-bond acceptors (Lipinski definition) is 4. The van der Waals surface area contributed by atoms with E-state index in [0.29, 0.717) is 0 Å². The van der Waals surface area contributed by atoms with Crippen molar-refractivity contribution < 1.29 is 14.7 Å². The van der Waals surface area contributed by atoms with Crippen LogP contribution < -0.4 is 5.32 Å². The van der Waals surface area contributed by atoms with Crippen molar-refractivity contribution in [3.05, 3.63) is 16.6 Å². The van der Waals surface area contributed by atoms with Gasteiger partial charge >= 0.3 is 5.97 Å². The van der Waals surface area contributed by atoms with Gasteiger partial charge in [-0.15, -0.1) is 11.3 Å². The van der Waals surface area contributed by atoms with Crippen LogP contribution in [-0.2, 0) is 4.79 Å². The zero-order valence-electron chi connectivity index (χ0n) is 6.85. The van der Waals surface area contributed by atoms with E-state index >= 15 is 0 Å². The molecule has 0 fully saturated rings. The van der Waals surface area contributed by atoms with Crippen LogP contribution in [0.15, 0.2) is 11.6 Å². The van der Waals surface area contributed by atoms with E-state index in [1.54, 1.807) is 5.38 Å². The molecule has 0 aliphatic carbocycles. The average molecular weight is 200 g/mol. The molecule has 1 aromatic heterocycles. The quantitative estimate of drug-likeness (QED) is 0.737. The summed E-state index contributed by atoms with van der Waals surface area (Å²) < 4.78 is 0. The molecule has 1 amide bonds. The minimum absolute atomic E-state index is 0.271. The third kappa shape index (κ3) is 2.51. The molecule has 1 rings (SSSR count). The molecule has 0 aliphatic heterocycles. The molecule has 1 atom stereocenters. The van der Waals surface area contributed by atoms with Crippen molar-refractivity contribution in [3.63, 3.8) is 0 Å². The third-order valence-electron chi connectivity index (χ3n) is 1.34. The van der Waals surface area contributed by atoms with Gasteiger partial charge in [-0.25, -0.2) is 4.98 Å². The lowest BCUT2D eigenvalue weighted by molar-refractivity contribution is -0.138. The first-order valence-electron chi connectivity index (χ1n) is 3.54. The van der Waals surface area contributed by atoms with Crippen molar-refractivity contribution in [1.82, 2.24) is 10.3 Å². The Morgan fingerprint density at radius 3 is 2.85 bits per heavy atom. The number of carboxylic acid groups (broad SMARTS) is 1. The van der Waals surface area contributed by atoms with Gasteiger partial charge in [0, 0.05) is 11.6 Å². The number of nitrogens with one attached hydrogen (secondary N) is 1. The highest BCUT2D eigenvalue weighted by molar-refractivity contribution is 7.11. The summed E-state index contributed by atoms with van der Waals surface area (Å²) in [5, 5.41) is 12.7. The Kier molecular flexibility index (Phi) is 2.97. The van der Waals surface area contributed by atoms with E-state index < -0.39 is 17.9 Å². The van der Waals surface area contributed by atoms with Crippen LogP contribution in [0.25, 0.3) is 0 Å². The minimum Gasteiger partial charge on any atom is -0.480 e. The molecule has 1 aromatic rings. The Morgan fingerprint density at radius 1 is 1.69 bits per heavy atom. The summed E-state index contributed by atoms with van der Waals surface area (Å²) in [6.45, 7) is 1.40. The van der Waals surface area contributed by atoms with Gasteiger partial charge in [0.15, 0.2) is 5.01 Å². The van der Waals surface area contributed by atoms with Gasteiger partial charge in [-0.05, 0) is 6.92 Å². The van der Waals surface area contributed by atoms with Gasteiger partial charge in [0.05, 0.1) is 0 Å². The standard InChI is InChI=1S/C7H8N2O3S/c1-4(7(11)12)9-5(10)6-8-2-3-13-6/h2-4H,1H3,(H,9,10)(H,11,12). The lowest BCUT2D eigenvalue weighted by atomic mass is 10.3. The first kappa shape index (κ1) is 9.66. The van der Waals surface area contributed by atoms with Gasteiger partial charge in [0.25, 0.3) is 5.91 Å². The molecule has 0 aromatic carbocycles. The molecule has 6 heteroatoms. The van der Waals surface area contributed by atoms with Crippen LogP contribution in [0.3, 0.4) is 0 Å². The van der Waals surface area contributed by atoms with Crippen molar-refractivity contribution >= 4 is 23.2 Å². The maximum absolute atomic E-state index is 11.2. The Balaban J connectivity index is 2.56. The summed E-state index contributed by atoms with van der Waals surface area (Å²) >= 11 is 1.17. The fourth-order valence-corrected chi connectivity index (χ4v) is 1.19. The Bertz CT molecular complexity index is 310. The Labute approximate surface area is 78.4 Å². The number of rotatable bonds is 3. The molecular weight excluding hydrogens is 192 g/mol. The number of thiazole rings is 1. The summed E-state index contributed by atoms with van der Waals surface area (Å²) in [6.07, 6.45) is 1.49. The minimum atomic E-state index is -1.06. The van der Waals surface area contributed by atoms with Crippen molar-refractivity contribution in [3.8, 4) is 0 Å². The third-order valence-corrected chi connectivity index (χ3v) is 2.12. The summed E-state index contributed by atoms with van der Waals surface area (Å²) in [4.78, 5) is 25.3. The molecule has 13 heavy (non-hydrogen) atoms. The second-order valence-corrected chi connectivity index (χ2v) is 3.27. The predicted molar refractivity (Wildman–Crippen MR) is 46.7 cm³/mol. The van der Waals surface area contributed by atoms with E-state index in [9.17, 15) is 9.59 Å². The zero-order chi connectivity index (χ0) is 9.84. The molecule has 0 aliphatic rings. The monoisotopic (exact) mass is 200 g/mol. The summed E-state index contributed by atoms with van der Waals surface area (Å²) in [5.41, 5.74) is 0. The molecule has 0 saturated heterocycles. The van der Waals surface area contributed by atoms with Crippen molar-refractivity contribution in [2.75, 3.05) is 0 Å². The molecule has 0 spiro atoms. The number of carbonyl (C=O) groups is 2. The van der Waals surface area contributed by atoms with E-state index in [0.717, 1.165) is 0 Å². The molecule has 0 radical (unpaired) electrons. The summed E-state index contributed by atoms with van der Waals surface area (Å²) in [6, 6.07) is -0.892. The largest absolute Gasteiger partial charge is 0.480 e. The number of amides is 1. The van der Waals surface area contributed by atoms with Crippen LogP contribution in [0.4, 0.5) is 0 Å². The van der Waals surface area contributed by atoms with Crippen molar-refractivity contribution in [1.29, 1.82) is 0 Å².